The Morgan fingerprint density at radius 1 is 1.06 bits per heavy atom. The van der Waals surface area contributed by atoms with Gasteiger partial charge in [-0.25, -0.2) is 8.42 Å². The zero-order chi connectivity index (χ0) is 25.6. The largest absolute Gasteiger partial charge is 0.352 e. The molecule has 0 aliphatic carbocycles. The maximum absolute atomic E-state index is 13.6. The van der Waals surface area contributed by atoms with Crippen molar-refractivity contribution < 1.29 is 18.0 Å². The van der Waals surface area contributed by atoms with E-state index in [1.165, 1.54) is 17.0 Å². The Morgan fingerprint density at radius 2 is 1.71 bits per heavy atom. The fraction of sp³-hybridized carbons (Fsp3) is 0.417. The summed E-state index contributed by atoms with van der Waals surface area (Å²) in [5.41, 5.74) is 1.90. The van der Waals surface area contributed by atoms with E-state index in [4.69, 9.17) is 23.2 Å². The van der Waals surface area contributed by atoms with Crippen LogP contribution in [0.5, 0.6) is 0 Å². The van der Waals surface area contributed by atoms with E-state index in [2.05, 4.69) is 5.32 Å². The smallest absolute Gasteiger partial charge is 0.244 e. The van der Waals surface area contributed by atoms with Crippen LogP contribution in [0.25, 0.3) is 0 Å². The quantitative estimate of drug-likeness (QED) is 0.495. The van der Waals surface area contributed by atoms with Crippen molar-refractivity contribution in [2.75, 3.05) is 17.1 Å². The number of anilines is 1. The van der Waals surface area contributed by atoms with E-state index in [0.29, 0.717) is 0 Å². The van der Waals surface area contributed by atoms with Gasteiger partial charge in [-0.05, 0) is 50.5 Å². The van der Waals surface area contributed by atoms with E-state index in [1.54, 1.807) is 13.0 Å². The highest BCUT2D eigenvalue weighted by atomic mass is 35.5. The highest BCUT2D eigenvalue weighted by molar-refractivity contribution is 7.92. The number of hydrogen-bond donors (Lipinski definition) is 1. The molecule has 0 fully saturated rings. The first-order valence-corrected chi connectivity index (χ1v) is 13.5. The van der Waals surface area contributed by atoms with Crippen LogP contribution in [-0.2, 0) is 26.2 Å². The Hall–Kier alpha value is -2.29. The van der Waals surface area contributed by atoms with Crippen LogP contribution in [0.2, 0.25) is 10.0 Å². The number of benzene rings is 2. The second-order valence-corrected chi connectivity index (χ2v) is 11.0. The second kappa shape index (κ2) is 11.9. The van der Waals surface area contributed by atoms with Crippen LogP contribution < -0.4 is 9.62 Å². The summed E-state index contributed by atoms with van der Waals surface area (Å²) in [6.45, 7) is 6.98. The van der Waals surface area contributed by atoms with E-state index in [1.807, 2.05) is 45.0 Å². The van der Waals surface area contributed by atoms with Gasteiger partial charge in [0.15, 0.2) is 0 Å². The number of hydrogen-bond acceptors (Lipinski definition) is 4. The number of aryl methyl sites for hydroxylation is 1. The normalized spacial score (nSPS) is 13.1. The van der Waals surface area contributed by atoms with Crippen molar-refractivity contribution in [3.63, 3.8) is 0 Å². The Balaban J connectivity index is 2.45. The van der Waals surface area contributed by atoms with Gasteiger partial charge in [0.05, 0.1) is 22.0 Å². The summed E-state index contributed by atoms with van der Waals surface area (Å²) < 4.78 is 26.2. The zero-order valence-corrected chi connectivity index (χ0v) is 22.3. The van der Waals surface area contributed by atoms with Crippen molar-refractivity contribution in [2.45, 2.75) is 52.7 Å². The highest BCUT2D eigenvalue weighted by Gasteiger charge is 2.31. The first-order valence-electron chi connectivity index (χ1n) is 10.9. The van der Waals surface area contributed by atoms with Gasteiger partial charge in [0.2, 0.25) is 21.8 Å². The standard InChI is InChI=1S/C24H31Cl2N3O4S/c1-6-17(3)27-24(31)18(4)28(14-19-11-8-7-10-16(19)2)22(30)15-29(34(5,32)33)21-13-9-12-20(25)23(21)26/h7-13,17-18H,6,14-15H2,1-5H3,(H,27,31)/t17-,18-/m0/s1. The minimum absolute atomic E-state index is 0.0235. The molecule has 2 aromatic carbocycles. The molecule has 0 radical (unpaired) electrons. The van der Waals surface area contributed by atoms with E-state index >= 15 is 0 Å². The molecule has 1 N–H and O–H groups in total. The van der Waals surface area contributed by atoms with Crippen molar-refractivity contribution in [3.05, 3.63) is 63.6 Å². The maximum atomic E-state index is 13.6. The summed E-state index contributed by atoms with van der Waals surface area (Å²) >= 11 is 12.4. The number of carbonyl (C=O) groups is 2. The third-order valence-corrected chi connectivity index (χ3v) is 7.58. The molecule has 0 heterocycles. The Morgan fingerprint density at radius 3 is 2.29 bits per heavy atom. The number of nitrogens with one attached hydrogen (secondary N) is 1. The summed E-state index contributed by atoms with van der Waals surface area (Å²) in [4.78, 5) is 27.8. The molecule has 2 aromatic rings. The first kappa shape index (κ1) is 28.0. The number of sulfonamides is 1. The van der Waals surface area contributed by atoms with Crippen molar-refractivity contribution in [2.24, 2.45) is 0 Å². The molecule has 0 spiro atoms. The van der Waals surface area contributed by atoms with Gasteiger partial charge in [-0.2, -0.15) is 0 Å². The average Bonchev–Trinajstić information content (AvgIpc) is 2.77. The van der Waals surface area contributed by atoms with Crippen LogP contribution in [0.1, 0.15) is 38.3 Å². The molecule has 2 atom stereocenters. The van der Waals surface area contributed by atoms with E-state index in [9.17, 15) is 18.0 Å². The van der Waals surface area contributed by atoms with Gasteiger partial charge in [0.1, 0.15) is 12.6 Å². The van der Waals surface area contributed by atoms with Gasteiger partial charge in [0.25, 0.3) is 0 Å². The molecule has 0 aromatic heterocycles. The summed E-state index contributed by atoms with van der Waals surface area (Å²) in [7, 11) is -3.89. The third kappa shape index (κ3) is 7.10. The van der Waals surface area contributed by atoms with Gasteiger partial charge in [-0.3, -0.25) is 13.9 Å². The molecular formula is C24H31Cl2N3O4S. The van der Waals surface area contributed by atoms with Crippen molar-refractivity contribution in [1.29, 1.82) is 0 Å². The molecule has 0 aliphatic rings. The lowest BCUT2D eigenvalue weighted by Gasteiger charge is -2.32. The molecule has 0 unspecified atom stereocenters. The highest BCUT2D eigenvalue weighted by Crippen LogP contribution is 2.33. The summed E-state index contributed by atoms with van der Waals surface area (Å²) in [6, 6.07) is 11.2. The van der Waals surface area contributed by atoms with Gasteiger partial charge < -0.3 is 10.2 Å². The van der Waals surface area contributed by atoms with Gasteiger partial charge >= 0.3 is 0 Å². The van der Waals surface area contributed by atoms with Crippen molar-refractivity contribution in [3.8, 4) is 0 Å². The molecule has 10 heteroatoms. The molecular weight excluding hydrogens is 497 g/mol. The fourth-order valence-electron chi connectivity index (χ4n) is 3.30. The Kier molecular flexibility index (Phi) is 9.79. The Labute approximate surface area is 212 Å². The SMILES string of the molecule is CC[C@H](C)NC(=O)[C@H](C)N(Cc1ccccc1C)C(=O)CN(c1cccc(Cl)c1Cl)S(C)(=O)=O. The zero-order valence-electron chi connectivity index (χ0n) is 20.0. The Bertz CT molecular complexity index is 1140. The van der Waals surface area contributed by atoms with E-state index < -0.39 is 28.5 Å². The van der Waals surface area contributed by atoms with Crippen LogP contribution in [0.15, 0.2) is 42.5 Å². The topological polar surface area (TPSA) is 86.8 Å². The molecule has 2 rings (SSSR count). The summed E-state index contributed by atoms with van der Waals surface area (Å²) in [6.07, 6.45) is 1.72. The lowest BCUT2D eigenvalue weighted by atomic mass is 10.1. The summed E-state index contributed by atoms with van der Waals surface area (Å²) in [5, 5.41) is 3.08. The van der Waals surface area contributed by atoms with E-state index in [0.717, 1.165) is 28.1 Å². The summed E-state index contributed by atoms with van der Waals surface area (Å²) in [5.74, 6) is -0.862. The molecule has 34 heavy (non-hydrogen) atoms. The first-order chi connectivity index (χ1) is 15.9. The molecule has 0 aliphatic heterocycles. The molecule has 7 nitrogen and oxygen atoms in total. The number of nitrogens with zero attached hydrogens (tertiary/aromatic N) is 2. The predicted octanol–water partition coefficient (Wildman–Crippen LogP) is 4.40. The number of rotatable bonds is 10. The minimum Gasteiger partial charge on any atom is -0.352 e. The van der Waals surface area contributed by atoms with E-state index in [-0.39, 0.29) is 34.2 Å². The van der Waals surface area contributed by atoms with Crippen LogP contribution >= 0.6 is 23.2 Å². The van der Waals surface area contributed by atoms with Crippen molar-refractivity contribution in [1.82, 2.24) is 10.2 Å². The van der Waals surface area contributed by atoms with Crippen LogP contribution in [0.3, 0.4) is 0 Å². The molecule has 186 valence electrons. The minimum atomic E-state index is -3.89. The monoisotopic (exact) mass is 527 g/mol. The van der Waals surface area contributed by atoms with Gasteiger partial charge in [-0.1, -0.05) is 60.5 Å². The third-order valence-electron chi connectivity index (χ3n) is 5.65. The molecule has 2 amide bonds. The molecule has 0 saturated carbocycles. The molecule has 0 bridgehead atoms. The number of carbonyl (C=O) groups excluding carboxylic acids is 2. The molecule has 0 saturated heterocycles. The van der Waals surface area contributed by atoms with Gasteiger partial charge in [-0.15, -0.1) is 0 Å². The lowest BCUT2D eigenvalue weighted by molar-refractivity contribution is -0.139. The number of amides is 2. The fourth-order valence-corrected chi connectivity index (χ4v) is 4.60. The average molecular weight is 529 g/mol. The van der Waals surface area contributed by atoms with Gasteiger partial charge in [0, 0.05) is 12.6 Å². The van der Waals surface area contributed by atoms with Crippen LogP contribution in [-0.4, -0.2) is 50.0 Å². The number of halogens is 2. The second-order valence-electron chi connectivity index (χ2n) is 8.28. The van der Waals surface area contributed by atoms with Crippen molar-refractivity contribution >= 4 is 50.7 Å². The maximum Gasteiger partial charge on any atom is 0.244 e. The van der Waals surface area contributed by atoms with Crippen LogP contribution in [0, 0.1) is 6.92 Å². The van der Waals surface area contributed by atoms with Crippen LogP contribution in [0.4, 0.5) is 5.69 Å². The predicted molar refractivity (Wildman–Crippen MR) is 138 cm³/mol. The lowest BCUT2D eigenvalue weighted by Crippen LogP contribution is -2.52.